The molecule has 6 nitrogen and oxygen atoms in total. The van der Waals surface area contributed by atoms with Gasteiger partial charge in [0, 0.05) is 34.3 Å². The van der Waals surface area contributed by atoms with Gasteiger partial charge in [-0.05, 0) is 55.7 Å². The Balaban J connectivity index is 1.26. The van der Waals surface area contributed by atoms with Gasteiger partial charge in [-0.25, -0.2) is 0 Å². The van der Waals surface area contributed by atoms with Gasteiger partial charge in [0.2, 0.25) is 0 Å². The number of aryl methyl sites for hydroxylation is 1. The summed E-state index contributed by atoms with van der Waals surface area (Å²) in [5.74, 6) is 0.427. The van der Waals surface area contributed by atoms with Crippen molar-refractivity contribution >= 4 is 44.0 Å². The Hall–Kier alpha value is -4.45. The molecular formula is C30H25N3O3. The van der Waals surface area contributed by atoms with E-state index in [9.17, 15) is 9.59 Å². The maximum Gasteiger partial charge on any atom is 0.263 e. The van der Waals surface area contributed by atoms with E-state index in [2.05, 4.69) is 22.4 Å². The highest BCUT2D eigenvalue weighted by atomic mass is 16.5. The number of amides is 1. The quantitative estimate of drug-likeness (QED) is 0.257. The molecule has 0 aliphatic carbocycles. The molecule has 3 aromatic carbocycles. The molecule has 6 rings (SSSR count). The molecule has 1 amide bonds. The molecule has 0 spiro atoms. The van der Waals surface area contributed by atoms with Crippen LogP contribution in [0.3, 0.4) is 0 Å². The van der Waals surface area contributed by atoms with Crippen molar-refractivity contribution < 1.29 is 9.53 Å². The number of carbonyl (C=O) groups excluding carboxylic acids is 1. The van der Waals surface area contributed by atoms with E-state index in [4.69, 9.17) is 4.74 Å². The van der Waals surface area contributed by atoms with Crippen molar-refractivity contribution in [3.05, 3.63) is 101 Å². The second-order valence-corrected chi connectivity index (χ2v) is 9.06. The van der Waals surface area contributed by atoms with E-state index in [-0.39, 0.29) is 11.5 Å². The number of nitrogens with zero attached hydrogens (tertiary/aromatic N) is 2. The van der Waals surface area contributed by atoms with Crippen LogP contribution in [0, 0.1) is 0 Å². The highest BCUT2D eigenvalue weighted by molar-refractivity contribution is 6.18. The predicted molar refractivity (Wildman–Crippen MR) is 143 cm³/mol. The number of hydrogen-bond donors (Lipinski definition) is 1. The molecule has 1 unspecified atom stereocenters. The van der Waals surface area contributed by atoms with Crippen LogP contribution >= 0.6 is 0 Å². The second-order valence-electron chi connectivity index (χ2n) is 9.06. The first-order valence-corrected chi connectivity index (χ1v) is 12.2. The van der Waals surface area contributed by atoms with Crippen molar-refractivity contribution in [2.24, 2.45) is 0 Å². The summed E-state index contributed by atoms with van der Waals surface area (Å²) in [6.07, 6.45) is 2.90. The van der Waals surface area contributed by atoms with Crippen molar-refractivity contribution in [3.8, 4) is 5.75 Å². The fourth-order valence-corrected chi connectivity index (χ4v) is 4.97. The van der Waals surface area contributed by atoms with E-state index in [1.165, 1.54) is 5.56 Å². The van der Waals surface area contributed by atoms with Gasteiger partial charge in [0.1, 0.15) is 5.75 Å². The van der Waals surface area contributed by atoms with Crippen LogP contribution in [0.25, 0.3) is 38.1 Å². The summed E-state index contributed by atoms with van der Waals surface area (Å²) in [6.45, 7) is 2.34. The number of hydrogen-bond acceptors (Lipinski definition) is 4. The van der Waals surface area contributed by atoms with E-state index in [0.29, 0.717) is 17.7 Å². The lowest BCUT2D eigenvalue weighted by atomic mass is 10.1. The molecule has 6 heteroatoms. The summed E-state index contributed by atoms with van der Waals surface area (Å²) in [4.78, 5) is 30.6. The van der Waals surface area contributed by atoms with Gasteiger partial charge in [-0.3, -0.25) is 19.0 Å². The van der Waals surface area contributed by atoms with Crippen LogP contribution in [-0.2, 0) is 11.2 Å². The zero-order chi connectivity index (χ0) is 24.6. The molecule has 3 aromatic heterocycles. The van der Waals surface area contributed by atoms with Crippen LogP contribution < -0.4 is 15.6 Å². The minimum absolute atomic E-state index is 0.0667. The fraction of sp³-hybridized carbons (Fsp3) is 0.167. The molecule has 0 saturated heterocycles. The summed E-state index contributed by atoms with van der Waals surface area (Å²) < 4.78 is 7.74. The van der Waals surface area contributed by atoms with Crippen molar-refractivity contribution in [2.45, 2.75) is 25.9 Å². The lowest BCUT2D eigenvalue weighted by Gasteiger charge is -2.15. The van der Waals surface area contributed by atoms with Crippen LogP contribution in [0.15, 0.2) is 89.9 Å². The molecular weight excluding hydrogens is 450 g/mol. The number of carbonyl (C=O) groups is 1. The normalized spacial score (nSPS) is 12.5. The Morgan fingerprint density at radius 1 is 0.944 bits per heavy atom. The molecule has 6 aromatic rings. The number of fused-ring (bicyclic) bond motifs is 5. The lowest BCUT2D eigenvalue weighted by molar-refractivity contribution is -0.127. The summed E-state index contributed by atoms with van der Waals surface area (Å²) >= 11 is 0. The first-order valence-electron chi connectivity index (χ1n) is 12.2. The molecule has 0 saturated carbocycles. The summed E-state index contributed by atoms with van der Waals surface area (Å²) in [5.41, 5.74) is 3.58. The van der Waals surface area contributed by atoms with E-state index in [0.717, 1.165) is 45.6 Å². The van der Waals surface area contributed by atoms with Crippen molar-refractivity contribution in [2.75, 3.05) is 6.54 Å². The van der Waals surface area contributed by atoms with E-state index in [1.807, 2.05) is 66.7 Å². The minimum atomic E-state index is -0.647. The third kappa shape index (κ3) is 3.71. The molecule has 36 heavy (non-hydrogen) atoms. The average molecular weight is 476 g/mol. The lowest BCUT2D eigenvalue weighted by Crippen LogP contribution is -2.36. The first-order chi connectivity index (χ1) is 17.6. The molecule has 0 aliphatic rings. The zero-order valence-electron chi connectivity index (χ0n) is 19.9. The summed E-state index contributed by atoms with van der Waals surface area (Å²) in [6, 6.07) is 25.3. The van der Waals surface area contributed by atoms with Crippen LogP contribution in [0.2, 0.25) is 0 Å². The van der Waals surface area contributed by atoms with Crippen molar-refractivity contribution in [3.63, 3.8) is 0 Å². The van der Waals surface area contributed by atoms with Gasteiger partial charge in [0.05, 0.1) is 16.6 Å². The standard InChI is InChI=1S/C30H25N3O3/c1-19(29(34)32-16-7-10-20-8-3-2-4-9-20)36-21-13-14-26-25(18-21)23-15-17-31-27-22-11-5-6-12-24(22)30(35)33(26)28(23)27/h2-6,8-9,11-15,17-19H,7,10,16H2,1H3,(H,32,34). The van der Waals surface area contributed by atoms with E-state index in [1.54, 1.807) is 17.5 Å². The second kappa shape index (κ2) is 8.96. The highest BCUT2D eigenvalue weighted by Gasteiger charge is 2.19. The number of pyridine rings is 2. The maximum atomic E-state index is 13.4. The molecule has 0 bridgehead atoms. The van der Waals surface area contributed by atoms with Gasteiger partial charge in [-0.15, -0.1) is 0 Å². The third-order valence-corrected chi connectivity index (χ3v) is 6.73. The van der Waals surface area contributed by atoms with Gasteiger partial charge < -0.3 is 10.1 Å². The Labute approximate surface area is 207 Å². The topological polar surface area (TPSA) is 72.7 Å². The zero-order valence-corrected chi connectivity index (χ0v) is 19.9. The van der Waals surface area contributed by atoms with E-state index < -0.39 is 6.10 Å². The van der Waals surface area contributed by atoms with Crippen LogP contribution in [0.5, 0.6) is 5.75 Å². The summed E-state index contributed by atoms with van der Waals surface area (Å²) in [5, 5.41) is 6.27. The molecule has 0 radical (unpaired) electrons. The highest BCUT2D eigenvalue weighted by Crippen LogP contribution is 2.34. The summed E-state index contributed by atoms with van der Waals surface area (Å²) in [7, 11) is 0. The molecule has 3 heterocycles. The number of benzene rings is 3. The van der Waals surface area contributed by atoms with Gasteiger partial charge in [0.25, 0.3) is 11.5 Å². The van der Waals surface area contributed by atoms with Crippen LogP contribution in [0.4, 0.5) is 0 Å². The molecule has 1 atom stereocenters. The predicted octanol–water partition coefficient (Wildman–Crippen LogP) is 5.11. The average Bonchev–Trinajstić information content (AvgIpc) is 3.25. The Morgan fingerprint density at radius 3 is 2.56 bits per heavy atom. The molecule has 1 N–H and O–H groups in total. The minimum Gasteiger partial charge on any atom is -0.481 e. The van der Waals surface area contributed by atoms with Crippen molar-refractivity contribution in [1.82, 2.24) is 14.7 Å². The van der Waals surface area contributed by atoms with Gasteiger partial charge >= 0.3 is 0 Å². The number of aromatic nitrogens is 2. The Bertz CT molecular complexity index is 1780. The monoisotopic (exact) mass is 475 g/mol. The third-order valence-electron chi connectivity index (χ3n) is 6.73. The van der Waals surface area contributed by atoms with Crippen LogP contribution in [0.1, 0.15) is 18.9 Å². The molecule has 178 valence electrons. The number of rotatable bonds is 7. The first kappa shape index (κ1) is 22.0. The Morgan fingerprint density at radius 2 is 1.72 bits per heavy atom. The van der Waals surface area contributed by atoms with Gasteiger partial charge in [-0.2, -0.15) is 0 Å². The Kier molecular flexibility index (Phi) is 5.49. The maximum absolute atomic E-state index is 13.4. The van der Waals surface area contributed by atoms with Gasteiger partial charge in [0.15, 0.2) is 6.10 Å². The SMILES string of the molecule is CC(Oc1ccc2c(c1)c1ccnc3c4ccccc4c(=O)n2c13)C(=O)NCCCc1ccccc1. The molecule has 0 fully saturated rings. The van der Waals surface area contributed by atoms with E-state index >= 15 is 0 Å². The molecule has 0 aliphatic heterocycles. The fourth-order valence-electron chi connectivity index (χ4n) is 4.97. The largest absolute Gasteiger partial charge is 0.481 e. The van der Waals surface area contributed by atoms with Crippen LogP contribution in [-0.4, -0.2) is 27.9 Å². The van der Waals surface area contributed by atoms with Crippen molar-refractivity contribution in [1.29, 1.82) is 0 Å². The number of ether oxygens (including phenoxy) is 1. The van der Waals surface area contributed by atoms with Gasteiger partial charge in [-0.1, -0.05) is 48.5 Å². The number of nitrogens with one attached hydrogen (secondary N) is 1. The smallest absolute Gasteiger partial charge is 0.263 e.